The predicted molar refractivity (Wildman–Crippen MR) is 77.8 cm³/mol. The molecule has 2 heterocycles. The molecule has 0 unspecified atom stereocenters. The SMILES string of the molecule is COC(=O)[C@@]1(F)CCN(C(=O)c2ccc3[nH]c(=S)oc3c2)C1. The van der Waals surface area contributed by atoms with Gasteiger partial charge in [-0.05, 0) is 30.4 Å². The molecule has 1 aromatic heterocycles. The first-order chi connectivity index (χ1) is 10.4. The summed E-state index contributed by atoms with van der Waals surface area (Å²) in [6, 6.07) is 4.81. The number of methoxy groups -OCH3 is 1. The van der Waals surface area contributed by atoms with Crippen LogP contribution in [0, 0.1) is 4.84 Å². The number of oxazole rings is 1. The number of nitrogens with zero attached hydrogens (tertiary/aromatic N) is 1. The Balaban J connectivity index is 1.84. The predicted octanol–water partition coefficient (Wildman–Crippen LogP) is 2.22. The molecule has 116 valence electrons. The van der Waals surface area contributed by atoms with Gasteiger partial charge in [-0.15, -0.1) is 0 Å². The van der Waals surface area contributed by atoms with E-state index in [2.05, 4.69) is 9.72 Å². The van der Waals surface area contributed by atoms with E-state index in [1.807, 2.05) is 0 Å². The summed E-state index contributed by atoms with van der Waals surface area (Å²) in [4.78, 5) is 28.2. The summed E-state index contributed by atoms with van der Waals surface area (Å²) in [5.74, 6) is -1.32. The van der Waals surface area contributed by atoms with Crippen LogP contribution in [0.5, 0.6) is 0 Å². The molecule has 0 bridgehead atoms. The standard InChI is InChI=1S/C14H13FN2O4S/c1-20-12(19)14(15)4-5-17(7-14)11(18)8-2-3-9-10(6-8)21-13(22)16-9/h2-3,6H,4-5,7H2,1H3,(H,16,22)/t14-/m1/s1. The second-order valence-electron chi connectivity index (χ2n) is 5.16. The van der Waals surface area contributed by atoms with E-state index >= 15 is 0 Å². The lowest BCUT2D eigenvalue weighted by Gasteiger charge is -2.18. The molecule has 1 aliphatic heterocycles. The van der Waals surface area contributed by atoms with Gasteiger partial charge in [0.25, 0.3) is 10.7 Å². The molecular formula is C14H13FN2O4S. The van der Waals surface area contributed by atoms with Gasteiger partial charge in [0.2, 0.25) is 5.67 Å². The van der Waals surface area contributed by atoms with E-state index in [-0.39, 0.29) is 30.3 Å². The number of rotatable bonds is 2. The van der Waals surface area contributed by atoms with Gasteiger partial charge in [-0.25, -0.2) is 9.18 Å². The topological polar surface area (TPSA) is 75.5 Å². The van der Waals surface area contributed by atoms with Gasteiger partial charge in [0.05, 0.1) is 19.2 Å². The highest BCUT2D eigenvalue weighted by atomic mass is 32.1. The number of esters is 1. The molecule has 8 heteroatoms. The summed E-state index contributed by atoms with van der Waals surface area (Å²) in [5, 5.41) is 0. The number of aromatic amines is 1. The van der Waals surface area contributed by atoms with Gasteiger partial charge in [0.1, 0.15) is 0 Å². The smallest absolute Gasteiger partial charge is 0.345 e. The van der Waals surface area contributed by atoms with Gasteiger partial charge in [-0.2, -0.15) is 0 Å². The number of fused-ring (bicyclic) bond motifs is 1. The average Bonchev–Trinajstić information content (AvgIpc) is 3.07. The number of aromatic nitrogens is 1. The van der Waals surface area contributed by atoms with Crippen molar-refractivity contribution in [1.29, 1.82) is 0 Å². The van der Waals surface area contributed by atoms with Crippen molar-refractivity contribution in [2.45, 2.75) is 12.1 Å². The van der Waals surface area contributed by atoms with Crippen LogP contribution in [0.2, 0.25) is 0 Å². The van der Waals surface area contributed by atoms with Crippen molar-refractivity contribution in [2.75, 3.05) is 20.2 Å². The number of hydrogen-bond donors (Lipinski definition) is 1. The molecule has 0 aliphatic carbocycles. The number of amides is 1. The van der Waals surface area contributed by atoms with Crippen molar-refractivity contribution >= 4 is 35.2 Å². The third-order valence-electron chi connectivity index (χ3n) is 3.73. The van der Waals surface area contributed by atoms with E-state index in [9.17, 15) is 14.0 Å². The summed E-state index contributed by atoms with van der Waals surface area (Å²) in [5.41, 5.74) is -0.660. The van der Waals surface area contributed by atoms with Crippen LogP contribution >= 0.6 is 12.2 Å². The summed E-state index contributed by atoms with van der Waals surface area (Å²) in [6.07, 6.45) is -0.0709. The first-order valence-corrected chi connectivity index (χ1v) is 7.03. The third kappa shape index (κ3) is 2.39. The van der Waals surface area contributed by atoms with Crippen LogP contribution in [-0.2, 0) is 9.53 Å². The van der Waals surface area contributed by atoms with Gasteiger partial charge >= 0.3 is 5.97 Å². The number of ether oxygens (including phenoxy) is 1. The lowest BCUT2D eigenvalue weighted by atomic mass is 10.1. The van der Waals surface area contributed by atoms with Crippen molar-refractivity contribution in [3.8, 4) is 0 Å². The van der Waals surface area contributed by atoms with Crippen molar-refractivity contribution < 1.29 is 23.1 Å². The molecule has 1 saturated heterocycles. The van der Waals surface area contributed by atoms with Gasteiger partial charge in [-0.3, -0.25) is 4.79 Å². The quantitative estimate of drug-likeness (QED) is 0.677. The van der Waals surface area contributed by atoms with E-state index < -0.39 is 11.6 Å². The van der Waals surface area contributed by atoms with E-state index in [4.69, 9.17) is 16.6 Å². The minimum absolute atomic E-state index is 0.0709. The Bertz CT molecular complexity index is 815. The fourth-order valence-corrected chi connectivity index (χ4v) is 2.76. The third-order valence-corrected chi connectivity index (χ3v) is 3.91. The van der Waals surface area contributed by atoms with Crippen LogP contribution < -0.4 is 0 Å². The highest BCUT2D eigenvalue weighted by Gasteiger charge is 2.47. The minimum Gasteiger partial charge on any atom is -0.467 e. The van der Waals surface area contributed by atoms with Gasteiger partial charge in [0, 0.05) is 18.5 Å². The minimum atomic E-state index is -2.14. The number of halogens is 1. The van der Waals surface area contributed by atoms with Crippen LogP contribution in [0.3, 0.4) is 0 Å². The van der Waals surface area contributed by atoms with Crippen LogP contribution in [0.25, 0.3) is 11.1 Å². The number of carbonyl (C=O) groups is 2. The second kappa shape index (κ2) is 5.20. The molecule has 1 N–H and O–H groups in total. The lowest BCUT2D eigenvalue weighted by Crippen LogP contribution is -2.39. The highest BCUT2D eigenvalue weighted by molar-refractivity contribution is 7.71. The first kappa shape index (κ1) is 14.7. The molecule has 1 atom stereocenters. The zero-order valence-electron chi connectivity index (χ0n) is 11.7. The summed E-state index contributed by atoms with van der Waals surface area (Å²) >= 11 is 4.88. The molecule has 3 rings (SSSR count). The number of benzene rings is 1. The second-order valence-corrected chi connectivity index (χ2v) is 5.53. The number of carbonyl (C=O) groups excluding carboxylic acids is 2. The van der Waals surface area contributed by atoms with Crippen molar-refractivity contribution in [3.05, 3.63) is 28.6 Å². The van der Waals surface area contributed by atoms with Crippen molar-refractivity contribution in [1.82, 2.24) is 9.88 Å². The number of likely N-dealkylation sites (tertiary alicyclic amines) is 1. The summed E-state index contributed by atoms with van der Waals surface area (Å²) in [7, 11) is 1.13. The number of alkyl halides is 1. The van der Waals surface area contributed by atoms with Crippen LogP contribution in [0.15, 0.2) is 22.6 Å². The first-order valence-electron chi connectivity index (χ1n) is 6.62. The molecule has 1 fully saturated rings. The molecule has 1 aliphatic rings. The molecule has 0 saturated carbocycles. The normalized spacial score (nSPS) is 21.3. The molecule has 22 heavy (non-hydrogen) atoms. The van der Waals surface area contributed by atoms with Crippen LogP contribution in [-0.4, -0.2) is 47.6 Å². The van der Waals surface area contributed by atoms with Crippen molar-refractivity contribution in [3.63, 3.8) is 0 Å². The van der Waals surface area contributed by atoms with Crippen molar-refractivity contribution in [2.24, 2.45) is 0 Å². The van der Waals surface area contributed by atoms with Crippen LogP contribution in [0.4, 0.5) is 4.39 Å². The average molecular weight is 324 g/mol. The largest absolute Gasteiger partial charge is 0.467 e. The lowest BCUT2D eigenvalue weighted by molar-refractivity contribution is -0.153. The molecular weight excluding hydrogens is 311 g/mol. The zero-order chi connectivity index (χ0) is 15.9. The Kier molecular flexibility index (Phi) is 3.48. The Morgan fingerprint density at radius 3 is 3.00 bits per heavy atom. The Morgan fingerprint density at radius 2 is 2.27 bits per heavy atom. The van der Waals surface area contributed by atoms with E-state index in [1.165, 1.54) is 4.90 Å². The van der Waals surface area contributed by atoms with Crippen LogP contribution in [0.1, 0.15) is 16.8 Å². The number of nitrogens with one attached hydrogen (secondary N) is 1. The highest BCUT2D eigenvalue weighted by Crippen LogP contribution is 2.28. The van der Waals surface area contributed by atoms with Gasteiger partial charge in [-0.1, -0.05) is 0 Å². The summed E-state index contributed by atoms with van der Waals surface area (Å²) in [6.45, 7) is -0.161. The Hall–Kier alpha value is -2.22. The van der Waals surface area contributed by atoms with Gasteiger partial charge < -0.3 is 19.0 Å². The van der Waals surface area contributed by atoms with E-state index in [1.54, 1.807) is 18.2 Å². The molecule has 6 nitrogen and oxygen atoms in total. The van der Waals surface area contributed by atoms with E-state index in [0.717, 1.165) is 7.11 Å². The fraction of sp³-hybridized carbons (Fsp3) is 0.357. The molecule has 2 aromatic rings. The molecule has 0 radical (unpaired) electrons. The number of hydrogen-bond acceptors (Lipinski definition) is 5. The number of H-pyrrole nitrogens is 1. The molecule has 0 spiro atoms. The monoisotopic (exact) mass is 324 g/mol. The summed E-state index contributed by atoms with van der Waals surface area (Å²) < 4.78 is 24.1. The maximum Gasteiger partial charge on any atom is 0.345 e. The van der Waals surface area contributed by atoms with E-state index in [0.29, 0.717) is 16.7 Å². The maximum atomic E-state index is 14.4. The Morgan fingerprint density at radius 1 is 1.50 bits per heavy atom. The maximum absolute atomic E-state index is 14.4. The molecule has 1 amide bonds. The molecule has 1 aromatic carbocycles. The van der Waals surface area contributed by atoms with Gasteiger partial charge in [0.15, 0.2) is 5.58 Å². The zero-order valence-corrected chi connectivity index (χ0v) is 12.5. The fourth-order valence-electron chi connectivity index (χ4n) is 2.56. The Labute approximate surface area is 129 Å².